The van der Waals surface area contributed by atoms with Crippen LogP contribution in [0.5, 0.6) is 0 Å². The number of hydrogen-bond donors (Lipinski definition) is 1. The van der Waals surface area contributed by atoms with Crippen LogP contribution < -0.4 is 5.32 Å². The molecule has 5 nitrogen and oxygen atoms in total. The first-order chi connectivity index (χ1) is 16.1. The van der Waals surface area contributed by atoms with E-state index in [-0.39, 0.29) is 5.56 Å². The maximum absolute atomic E-state index is 14.4. The third-order valence-electron chi connectivity index (χ3n) is 7.59. The number of likely N-dealkylation sites (tertiary alicyclic amines) is 1. The second kappa shape index (κ2) is 8.89. The summed E-state index contributed by atoms with van der Waals surface area (Å²) in [4.78, 5) is 2.67. The van der Waals surface area contributed by atoms with Crippen LogP contribution in [0.3, 0.4) is 0 Å². The smallest absolute Gasteiger partial charge is 0.166 e. The van der Waals surface area contributed by atoms with Crippen molar-refractivity contribution < 1.29 is 13.5 Å². The molecule has 0 spiro atoms. The summed E-state index contributed by atoms with van der Waals surface area (Å²) >= 11 is 1.56. The molecular formula is C25H28F2N4OS. The van der Waals surface area contributed by atoms with Crippen LogP contribution in [-0.4, -0.2) is 54.0 Å². The molecule has 1 aliphatic carbocycles. The summed E-state index contributed by atoms with van der Waals surface area (Å²) in [6.07, 6.45) is 4.68. The first kappa shape index (κ1) is 21.4. The Labute approximate surface area is 196 Å². The molecule has 3 fully saturated rings. The van der Waals surface area contributed by atoms with E-state index >= 15 is 0 Å². The van der Waals surface area contributed by atoms with Crippen molar-refractivity contribution in [2.45, 2.75) is 31.7 Å². The third kappa shape index (κ3) is 4.24. The van der Waals surface area contributed by atoms with Gasteiger partial charge >= 0.3 is 0 Å². The second-order valence-electron chi connectivity index (χ2n) is 9.79. The van der Waals surface area contributed by atoms with E-state index in [0.717, 1.165) is 71.8 Å². The molecule has 2 aliphatic heterocycles. The van der Waals surface area contributed by atoms with Crippen molar-refractivity contribution in [2.75, 3.05) is 38.2 Å². The van der Waals surface area contributed by atoms with Crippen molar-refractivity contribution in [3.8, 4) is 11.3 Å². The molecule has 1 saturated carbocycles. The molecule has 2 aromatic heterocycles. The predicted molar refractivity (Wildman–Crippen MR) is 126 cm³/mol. The molecule has 2 saturated heterocycles. The number of rotatable bonds is 5. The van der Waals surface area contributed by atoms with Gasteiger partial charge in [-0.15, -0.1) is 21.5 Å². The Morgan fingerprint density at radius 1 is 1.06 bits per heavy atom. The molecule has 0 radical (unpaired) electrons. The Hall–Kier alpha value is -2.16. The normalized spacial score (nSPS) is 26.2. The van der Waals surface area contributed by atoms with Gasteiger partial charge in [-0.3, -0.25) is 0 Å². The summed E-state index contributed by atoms with van der Waals surface area (Å²) in [7, 11) is 0. The minimum atomic E-state index is -0.493. The Kier molecular flexibility index (Phi) is 5.76. The molecule has 0 bridgehead atoms. The molecule has 6 rings (SSSR count). The molecule has 3 aromatic rings. The average Bonchev–Trinajstić information content (AvgIpc) is 3.52. The Morgan fingerprint density at radius 3 is 2.64 bits per heavy atom. The lowest BCUT2D eigenvalue weighted by molar-refractivity contribution is 0.0545. The fraction of sp³-hybridized carbons (Fsp3) is 0.520. The third-order valence-corrected chi connectivity index (χ3v) is 8.51. The molecule has 1 aromatic carbocycles. The summed E-state index contributed by atoms with van der Waals surface area (Å²) in [6, 6.07) is 5.74. The number of halogens is 2. The van der Waals surface area contributed by atoms with Crippen LogP contribution in [-0.2, 0) is 4.74 Å². The van der Waals surface area contributed by atoms with Gasteiger partial charge in [0, 0.05) is 49.8 Å². The van der Waals surface area contributed by atoms with Crippen LogP contribution in [0.25, 0.3) is 21.3 Å². The molecule has 0 amide bonds. The number of nitrogens with one attached hydrogen (secondary N) is 1. The number of aromatic nitrogens is 2. The maximum atomic E-state index is 14.4. The number of hydrogen-bond acceptors (Lipinski definition) is 6. The van der Waals surface area contributed by atoms with Gasteiger partial charge in [0.2, 0.25) is 0 Å². The van der Waals surface area contributed by atoms with Crippen molar-refractivity contribution in [1.82, 2.24) is 15.1 Å². The minimum Gasteiger partial charge on any atom is -0.381 e. The molecule has 8 heteroatoms. The van der Waals surface area contributed by atoms with Gasteiger partial charge in [0.15, 0.2) is 5.82 Å². The van der Waals surface area contributed by atoms with Crippen molar-refractivity contribution >= 4 is 27.2 Å². The van der Waals surface area contributed by atoms with Crippen molar-refractivity contribution in [3.63, 3.8) is 0 Å². The van der Waals surface area contributed by atoms with Gasteiger partial charge in [0.25, 0.3) is 0 Å². The minimum absolute atomic E-state index is 0.150. The van der Waals surface area contributed by atoms with E-state index in [2.05, 4.69) is 20.4 Å². The van der Waals surface area contributed by atoms with Gasteiger partial charge in [-0.05, 0) is 73.1 Å². The summed E-state index contributed by atoms with van der Waals surface area (Å²) in [5.41, 5.74) is 0.540. The van der Waals surface area contributed by atoms with Gasteiger partial charge in [-0.25, -0.2) is 8.78 Å². The average molecular weight is 471 g/mol. The van der Waals surface area contributed by atoms with Crippen molar-refractivity contribution in [3.05, 3.63) is 41.3 Å². The van der Waals surface area contributed by atoms with Crippen LogP contribution in [0, 0.1) is 29.4 Å². The van der Waals surface area contributed by atoms with E-state index in [4.69, 9.17) is 4.74 Å². The summed E-state index contributed by atoms with van der Waals surface area (Å²) in [5.74, 6) is 2.03. The lowest BCUT2D eigenvalue weighted by Crippen LogP contribution is -2.32. The molecule has 33 heavy (non-hydrogen) atoms. The Morgan fingerprint density at radius 2 is 1.85 bits per heavy atom. The number of nitrogens with zero attached hydrogens (tertiary/aromatic N) is 3. The zero-order chi connectivity index (χ0) is 22.4. The lowest BCUT2D eigenvalue weighted by Gasteiger charge is -2.27. The number of benzene rings is 1. The largest absolute Gasteiger partial charge is 0.381 e. The lowest BCUT2D eigenvalue weighted by atomic mass is 10.00. The van der Waals surface area contributed by atoms with E-state index in [1.807, 2.05) is 11.4 Å². The monoisotopic (exact) mass is 470 g/mol. The molecule has 1 unspecified atom stereocenters. The van der Waals surface area contributed by atoms with Gasteiger partial charge < -0.3 is 15.0 Å². The molecule has 4 heterocycles. The van der Waals surface area contributed by atoms with Gasteiger partial charge in [0.1, 0.15) is 17.3 Å². The molecule has 3 atom stereocenters. The highest BCUT2D eigenvalue weighted by Crippen LogP contribution is 2.41. The highest BCUT2D eigenvalue weighted by Gasteiger charge is 2.41. The number of fused-ring (bicyclic) bond motifs is 2. The van der Waals surface area contributed by atoms with Gasteiger partial charge in [0.05, 0.1) is 4.70 Å². The van der Waals surface area contributed by atoms with Crippen LogP contribution in [0.2, 0.25) is 0 Å². The van der Waals surface area contributed by atoms with Gasteiger partial charge in [-0.2, -0.15) is 0 Å². The maximum Gasteiger partial charge on any atom is 0.166 e. The van der Waals surface area contributed by atoms with Gasteiger partial charge in [-0.1, -0.05) is 0 Å². The van der Waals surface area contributed by atoms with E-state index in [1.165, 1.54) is 38.5 Å². The highest BCUT2D eigenvalue weighted by atomic mass is 32.1. The molecule has 1 N–H and O–H groups in total. The molecule has 3 aliphatic rings. The van der Waals surface area contributed by atoms with Crippen molar-refractivity contribution in [1.29, 1.82) is 0 Å². The predicted octanol–water partition coefficient (Wildman–Crippen LogP) is 5.19. The fourth-order valence-electron chi connectivity index (χ4n) is 6.00. The number of thiophene rings is 1. The van der Waals surface area contributed by atoms with E-state index in [0.29, 0.717) is 11.7 Å². The van der Waals surface area contributed by atoms with Crippen LogP contribution in [0.1, 0.15) is 25.7 Å². The zero-order valence-electron chi connectivity index (χ0n) is 18.5. The fourth-order valence-corrected chi connectivity index (χ4v) is 6.85. The topological polar surface area (TPSA) is 50.3 Å². The van der Waals surface area contributed by atoms with Crippen LogP contribution in [0.4, 0.5) is 14.6 Å². The molecular weight excluding hydrogens is 442 g/mol. The van der Waals surface area contributed by atoms with Crippen molar-refractivity contribution in [2.24, 2.45) is 17.8 Å². The first-order valence-corrected chi connectivity index (χ1v) is 12.8. The van der Waals surface area contributed by atoms with E-state index < -0.39 is 11.6 Å². The van der Waals surface area contributed by atoms with Crippen LogP contribution >= 0.6 is 11.3 Å². The number of anilines is 1. The van der Waals surface area contributed by atoms with E-state index in [9.17, 15) is 8.78 Å². The Bertz CT molecular complexity index is 1130. The summed E-state index contributed by atoms with van der Waals surface area (Å²) in [5, 5.41) is 15.1. The van der Waals surface area contributed by atoms with E-state index in [1.54, 1.807) is 11.3 Å². The highest BCUT2D eigenvalue weighted by molar-refractivity contribution is 7.17. The Balaban J connectivity index is 1.14. The first-order valence-electron chi connectivity index (χ1n) is 11.9. The summed E-state index contributed by atoms with van der Waals surface area (Å²) < 4.78 is 34.6. The SMILES string of the molecule is Fc1ccc(F)c(-c2nnc(N[C@@H]3CC4CN(CC5CCOCC5)C[C@H]4C3)c3sccc23)c1. The molecule has 174 valence electrons. The van der Waals surface area contributed by atoms with Crippen LogP contribution in [0.15, 0.2) is 29.6 Å². The quantitative estimate of drug-likeness (QED) is 0.557. The standard InChI is InChI=1S/C25H28F2N4OS/c26-18-1-2-22(27)21(11-18)23-20-5-8-33-24(20)25(30-29-23)28-19-9-16-13-31(14-17(16)10-19)12-15-3-6-32-7-4-15/h1-2,5,8,11,15-17,19H,3-4,6-7,9-10,12-14H2,(H,28,30)/t16-,17?,19+/m1/s1. The second-order valence-corrected chi connectivity index (χ2v) is 10.7. The zero-order valence-corrected chi connectivity index (χ0v) is 19.3. The summed E-state index contributed by atoms with van der Waals surface area (Å²) in [6.45, 7) is 5.43. The number of ether oxygens (including phenoxy) is 1.